The van der Waals surface area contributed by atoms with Crippen molar-refractivity contribution in [1.82, 2.24) is 4.90 Å². The minimum absolute atomic E-state index is 0.175. The molecular weight excluding hydrogens is 364 g/mol. The Hall–Kier alpha value is -2.19. The predicted molar refractivity (Wildman–Crippen MR) is 90.0 cm³/mol. The van der Waals surface area contributed by atoms with E-state index in [-0.39, 0.29) is 28.6 Å². The van der Waals surface area contributed by atoms with E-state index in [4.69, 9.17) is 9.47 Å². The number of sulfone groups is 1. The predicted octanol–water partition coefficient (Wildman–Crippen LogP) is 2.39. The van der Waals surface area contributed by atoms with E-state index < -0.39 is 21.5 Å². The molecule has 8 heteroatoms. The van der Waals surface area contributed by atoms with Gasteiger partial charge in [0.15, 0.2) is 21.5 Å². The van der Waals surface area contributed by atoms with Gasteiger partial charge in [0.25, 0.3) is 0 Å². The molecule has 0 spiro atoms. The van der Waals surface area contributed by atoms with E-state index in [0.29, 0.717) is 19.6 Å². The summed E-state index contributed by atoms with van der Waals surface area (Å²) in [6.07, 6.45) is 0.404. The van der Waals surface area contributed by atoms with Crippen LogP contribution in [-0.2, 0) is 16.4 Å². The molecule has 0 saturated carbocycles. The monoisotopic (exact) mass is 381 g/mol. The van der Waals surface area contributed by atoms with Crippen molar-refractivity contribution in [1.29, 1.82) is 0 Å². The summed E-state index contributed by atoms with van der Waals surface area (Å²) in [5, 5.41) is 0. The van der Waals surface area contributed by atoms with E-state index in [1.54, 1.807) is 24.3 Å². The molecule has 2 aliphatic rings. The highest BCUT2D eigenvalue weighted by molar-refractivity contribution is 7.90. The number of halogens is 2. The van der Waals surface area contributed by atoms with Crippen LogP contribution in [0.1, 0.15) is 5.56 Å². The molecule has 4 rings (SSSR count). The van der Waals surface area contributed by atoms with E-state index in [1.807, 2.05) is 4.90 Å². The highest BCUT2D eigenvalue weighted by atomic mass is 32.2. The molecule has 5 nitrogen and oxygen atoms in total. The summed E-state index contributed by atoms with van der Waals surface area (Å²) in [6.45, 7) is 1.58. The van der Waals surface area contributed by atoms with E-state index >= 15 is 0 Å². The van der Waals surface area contributed by atoms with Crippen molar-refractivity contribution in [2.75, 3.05) is 19.3 Å². The first-order valence-corrected chi connectivity index (χ1v) is 10.0. The second-order valence-corrected chi connectivity index (χ2v) is 8.63. The summed E-state index contributed by atoms with van der Waals surface area (Å²) in [6, 6.07) is 8.70. The molecule has 0 unspecified atom stereocenters. The Balaban J connectivity index is 1.47. The number of ether oxygens (including phenoxy) is 2. The molecule has 2 aromatic carbocycles. The van der Waals surface area contributed by atoms with Crippen molar-refractivity contribution >= 4 is 9.84 Å². The van der Waals surface area contributed by atoms with Crippen LogP contribution in [0.3, 0.4) is 0 Å². The van der Waals surface area contributed by atoms with Crippen molar-refractivity contribution < 1.29 is 26.7 Å². The van der Waals surface area contributed by atoms with Gasteiger partial charge < -0.3 is 9.47 Å². The fraction of sp³-hybridized carbons (Fsp3) is 0.333. The Bertz CT molecular complexity index is 907. The lowest BCUT2D eigenvalue weighted by molar-refractivity contribution is 0.0467. The summed E-state index contributed by atoms with van der Waals surface area (Å²) in [5.74, 6) is -1.64. The first-order valence-electron chi connectivity index (χ1n) is 8.14. The molecule has 0 amide bonds. The lowest BCUT2D eigenvalue weighted by Gasteiger charge is -2.28. The minimum atomic E-state index is -3.23. The second kappa shape index (κ2) is 6.21. The molecular formula is C18H17F2NO4S. The summed E-state index contributed by atoms with van der Waals surface area (Å²) in [7, 11) is -3.23. The van der Waals surface area contributed by atoms with Gasteiger partial charge in [0.05, 0.1) is 4.90 Å². The summed E-state index contributed by atoms with van der Waals surface area (Å²) < 4.78 is 62.0. The average molecular weight is 381 g/mol. The van der Waals surface area contributed by atoms with E-state index in [0.717, 1.165) is 24.0 Å². The van der Waals surface area contributed by atoms with Gasteiger partial charge in [-0.2, -0.15) is 0 Å². The van der Waals surface area contributed by atoms with Crippen LogP contribution in [0, 0.1) is 11.6 Å². The van der Waals surface area contributed by atoms with Crippen LogP contribution in [0.25, 0.3) is 0 Å². The van der Waals surface area contributed by atoms with Gasteiger partial charge in [-0.15, -0.1) is 0 Å². The fourth-order valence-corrected chi connectivity index (χ4v) is 3.94. The lowest BCUT2D eigenvalue weighted by Crippen LogP contribution is -2.39. The number of hydrogen-bond acceptors (Lipinski definition) is 5. The maximum Gasteiger partial charge on any atom is 0.200 e. The number of likely N-dealkylation sites (tertiary alicyclic amines) is 1. The molecule has 0 aliphatic carbocycles. The molecule has 2 aliphatic heterocycles. The van der Waals surface area contributed by atoms with Gasteiger partial charge in [0.1, 0.15) is 12.2 Å². The third kappa shape index (κ3) is 3.14. The van der Waals surface area contributed by atoms with Crippen molar-refractivity contribution in [2.45, 2.75) is 23.6 Å². The zero-order valence-electron chi connectivity index (χ0n) is 14.0. The number of rotatable bonds is 3. The normalized spacial score (nSPS) is 22.3. The number of nitrogens with zero attached hydrogens (tertiary/aromatic N) is 1. The van der Waals surface area contributed by atoms with Crippen molar-refractivity contribution in [3.8, 4) is 11.5 Å². The van der Waals surface area contributed by atoms with E-state index in [1.165, 1.54) is 0 Å². The van der Waals surface area contributed by atoms with Crippen LogP contribution in [0.5, 0.6) is 11.5 Å². The van der Waals surface area contributed by atoms with Crippen LogP contribution in [0.2, 0.25) is 0 Å². The Morgan fingerprint density at radius 2 is 1.46 bits per heavy atom. The molecule has 2 atom stereocenters. The Morgan fingerprint density at radius 1 is 0.962 bits per heavy atom. The van der Waals surface area contributed by atoms with Crippen LogP contribution in [0.4, 0.5) is 8.78 Å². The Kier molecular flexibility index (Phi) is 4.11. The molecule has 0 bridgehead atoms. The zero-order valence-corrected chi connectivity index (χ0v) is 14.8. The van der Waals surface area contributed by atoms with Crippen molar-refractivity contribution in [3.63, 3.8) is 0 Å². The highest BCUT2D eigenvalue weighted by Crippen LogP contribution is 2.40. The molecule has 1 saturated heterocycles. The third-order valence-electron chi connectivity index (χ3n) is 4.60. The molecule has 0 radical (unpaired) electrons. The maximum absolute atomic E-state index is 13.9. The topological polar surface area (TPSA) is 55.8 Å². The molecule has 1 fully saturated rings. The number of hydrogen-bond donors (Lipinski definition) is 0. The SMILES string of the molecule is CS(=O)(=O)c1ccc(CN2C[C@@H]3Oc4c(F)ccc(F)c4O[C@@H]3C2)cc1. The lowest BCUT2D eigenvalue weighted by atomic mass is 10.2. The number of fused-ring (bicyclic) bond motifs is 2. The van der Waals surface area contributed by atoms with Crippen LogP contribution < -0.4 is 9.47 Å². The largest absolute Gasteiger partial charge is 0.478 e. The summed E-state index contributed by atoms with van der Waals surface area (Å²) in [4.78, 5) is 2.32. The standard InChI is InChI=1S/C18H17F2NO4S/c1-26(22,23)12-4-2-11(3-5-12)8-21-9-15-16(10-21)25-18-14(20)7-6-13(19)17(18)24-15/h2-7,15-16H,8-10H2,1H3/t15-,16+. The van der Waals surface area contributed by atoms with Crippen LogP contribution in [0.15, 0.2) is 41.3 Å². The van der Waals surface area contributed by atoms with Gasteiger partial charge in [-0.05, 0) is 29.8 Å². The van der Waals surface area contributed by atoms with Crippen molar-refractivity contribution in [2.24, 2.45) is 0 Å². The van der Waals surface area contributed by atoms with Gasteiger partial charge >= 0.3 is 0 Å². The highest BCUT2D eigenvalue weighted by Gasteiger charge is 2.41. The van der Waals surface area contributed by atoms with E-state index in [2.05, 4.69) is 0 Å². The molecule has 138 valence electrons. The second-order valence-electron chi connectivity index (χ2n) is 6.61. The Labute approximate surface area is 150 Å². The van der Waals surface area contributed by atoms with Gasteiger partial charge in [0, 0.05) is 25.9 Å². The van der Waals surface area contributed by atoms with E-state index in [9.17, 15) is 17.2 Å². The minimum Gasteiger partial charge on any atom is -0.478 e. The average Bonchev–Trinajstić information content (AvgIpc) is 2.98. The van der Waals surface area contributed by atoms with Gasteiger partial charge in [-0.25, -0.2) is 17.2 Å². The van der Waals surface area contributed by atoms with Crippen LogP contribution >= 0.6 is 0 Å². The Morgan fingerprint density at radius 3 is 1.92 bits per heavy atom. The molecule has 2 heterocycles. The van der Waals surface area contributed by atoms with Crippen molar-refractivity contribution in [3.05, 3.63) is 53.6 Å². The maximum atomic E-state index is 13.9. The molecule has 0 N–H and O–H groups in total. The smallest absolute Gasteiger partial charge is 0.200 e. The summed E-state index contributed by atoms with van der Waals surface area (Å²) >= 11 is 0. The fourth-order valence-electron chi connectivity index (χ4n) is 3.31. The molecule has 2 aromatic rings. The quantitative estimate of drug-likeness (QED) is 0.817. The van der Waals surface area contributed by atoms with Gasteiger partial charge in [-0.1, -0.05) is 12.1 Å². The number of benzene rings is 2. The zero-order chi connectivity index (χ0) is 18.5. The van der Waals surface area contributed by atoms with Crippen LogP contribution in [-0.4, -0.2) is 44.9 Å². The first kappa shape index (κ1) is 17.2. The summed E-state index contributed by atoms with van der Waals surface area (Å²) in [5.41, 5.74) is 0.936. The van der Waals surface area contributed by atoms with Gasteiger partial charge in [-0.3, -0.25) is 4.90 Å². The molecule has 0 aromatic heterocycles. The molecule has 26 heavy (non-hydrogen) atoms. The third-order valence-corrected chi connectivity index (χ3v) is 5.73. The van der Waals surface area contributed by atoms with Gasteiger partial charge in [0.2, 0.25) is 11.5 Å². The first-order chi connectivity index (χ1) is 12.3.